The molecule has 0 saturated carbocycles. The first kappa shape index (κ1) is 11.5. The first-order valence-electron chi connectivity index (χ1n) is 4.68. The molecule has 0 radical (unpaired) electrons. The van der Waals surface area contributed by atoms with Crippen LogP contribution >= 0.6 is 15.9 Å². The van der Waals surface area contributed by atoms with Gasteiger partial charge in [0.05, 0.1) is 6.61 Å². The molecule has 2 nitrogen and oxygen atoms in total. The fourth-order valence-corrected chi connectivity index (χ4v) is 1.63. The van der Waals surface area contributed by atoms with Gasteiger partial charge in [-0.05, 0) is 26.0 Å². The van der Waals surface area contributed by atoms with Crippen LogP contribution in [0.2, 0.25) is 0 Å². The quantitative estimate of drug-likeness (QED) is 0.901. The number of hydrogen-bond donors (Lipinski definition) is 1. The molecule has 1 rings (SSSR count). The van der Waals surface area contributed by atoms with Crippen LogP contribution in [0.4, 0.5) is 5.69 Å². The lowest BCUT2D eigenvalue weighted by Crippen LogP contribution is -2.26. The van der Waals surface area contributed by atoms with Crippen LogP contribution in [0.15, 0.2) is 22.7 Å². The first-order valence-corrected chi connectivity index (χ1v) is 5.47. The lowest BCUT2D eigenvalue weighted by molar-refractivity contribution is 0.282. The molecule has 78 valence electrons. The van der Waals surface area contributed by atoms with Gasteiger partial charge < -0.3 is 10.0 Å². The zero-order chi connectivity index (χ0) is 10.7. The van der Waals surface area contributed by atoms with Crippen LogP contribution in [-0.4, -0.2) is 18.2 Å². The molecule has 0 unspecified atom stereocenters. The lowest BCUT2D eigenvalue weighted by atomic mass is 10.1. The maximum atomic E-state index is 9.20. The number of nitrogens with zero attached hydrogens (tertiary/aromatic N) is 1. The van der Waals surface area contributed by atoms with Gasteiger partial charge in [-0.1, -0.05) is 22.0 Å². The summed E-state index contributed by atoms with van der Waals surface area (Å²) >= 11 is 3.43. The van der Waals surface area contributed by atoms with Crippen LogP contribution in [0.3, 0.4) is 0 Å². The Hall–Kier alpha value is -0.540. The molecule has 0 heterocycles. The summed E-state index contributed by atoms with van der Waals surface area (Å²) in [4.78, 5) is 2.15. The summed E-state index contributed by atoms with van der Waals surface area (Å²) in [6.07, 6.45) is 0. The van der Waals surface area contributed by atoms with Crippen LogP contribution in [-0.2, 0) is 6.61 Å². The minimum absolute atomic E-state index is 0.0830. The summed E-state index contributed by atoms with van der Waals surface area (Å²) in [5.74, 6) is 0. The molecule has 0 aliphatic carbocycles. The van der Waals surface area contributed by atoms with E-state index in [4.69, 9.17) is 0 Å². The van der Waals surface area contributed by atoms with Gasteiger partial charge in [0.1, 0.15) is 0 Å². The molecule has 0 saturated heterocycles. The third-order valence-electron chi connectivity index (χ3n) is 2.37. The Morgan fingerprint density at radius 3 is 2.57 bits per heavy atom. The zero-order valence-corrected chi connectivity index (χ0v) is 10.4. The van der Waals surface area contributed by atoms with Crippen LogP contribution in [0.25, 0.3) is 0 Å². The highest BCUT2D eigenvalue weighted by molar-refractivity contribution is 9.10. The maximum absolute atomic E-state index is 9.20. The van der Waals surface area contributed by atoms with Crippen LogP contribution in [0.1, 0.15) is 19.4 Å². The standard InChI is InChI=1S/C11H16BrNO/c1-8(2)13(3)11-6-10(12)5-4-9(11)7-14/h4-6,8,14H,7H2,1-3H3. The molecule has 1 aromatic carbocycles. The van der Waals surface area contributed by atoms with E-state index < -0.39 is 0 Å². The molecule has 0 fully saturated rings. The van der Waals surface area contributed by atoms with Gasteiger partial charge in [-0.3, -0.25) is 0 Å². The van der Waals surface area contributed by atoms with Crippen LogP contribution < -0.4 is 4.90 Å². The van der Waals surface area contributed by atoms with Crippen molar-refractivity contribution in [2.45, 2.75) is 26.5 Å². The van der Waals surface area contributed by atoms with Crippen molar-refractivity contribution in [1.29, 1.82) is 0 Å². The van der Waals surface area contributed by atoms with Crippen molar-refractivity contribution in [1.82, 2.24) is 0 Å². The number of benzene rings is 1. The van der Waals surface area contributed by atoms with Crippen molar-refractivity contribution in [3.63, 3.8) is 0 Å². The third-order valence-corrected chi connectivity index (χ3v) is 2.87. The summed E-state index contributed by atoms with van der Waals surface area (Å²) in [6, 6.07) is 6.35. The van der Waals surface area contributed by atoms with Crippen molar-refractivity contribution in [3.05, 3.63) is 28.2 Å². The molecular weight excluding hydrogens is 242 g/mol. The molecule has 1 N–H and O–H groups in total. The Kier molecular flexibility index (Phi) is 3.96. The fourth-order valence-electron chi connectivity index (χ4n) is 1.28. The second-order valence-electron chi connectivity index (χ2n) is 3.64. The molecule has 0 aromatic heterocycles. The second kappa shape index (κ2) is 4.80. The number of aliphatic hydroxyl groups is 1. The van der Waals surface area contributed by atoms with Gasteiger partial charge >= 0.3 is 0 Å². The summed E-state index contributed by atoms with van der Waals surface area (Å²) in [6.45, 7) is 4.34. The minimum atomic E-state index is 0.0830. The van der Waals surface area contributed by atoms with Gasteiger partial charge in [-0.15, -0.1) is 0 Å². The Balaban J connectivity index is 3.10. The molecule has 0 aliphatic heterocycles. The number of aliphatic hydroxyl groups excluding tert-OH is 1. The van der Waals surface area contributed by atoms with E-state index in [1.807, 2.05) is 25.2 Å². The van der Waals surface area contributed by atoms with Gasteiger partial charge in [0, 0.05) is 28.8 Å². The largest absolute Gasteiger partial charge is 0.392 e. The predicted molar refractivity (Wildman–Crippen MR) is 63.6 cm³/mol. The predicted octanol–water partition coefficient (Wildman–Crippen LogP) is 2.79. The van der Waals surface area contributed by atoms with Crippen molar-refractivity contribution < 1.29 is 5.11 Å². The SMILES string of the molecule is CC(C)N(C)c1cc(Br)ccc1CO. The first-order chi connectivity index (χ1) is 6.56. The second-order valence-corrected chi connectivity index (χ2v) is 4.55. The molecule has 3 heteroatoms. The zero-order valence-electron chi connectivity index (χ0n) is 8.79. The van der Waals surface area contributed by atoms with Crippen molar-refractivity contribution >= 4 is 21.6 Å². The molecule has 1 aromatic rings. The highest BCUT2D eigenvalue weighted by Gasteiger charge is 2.09. The van der Waals surface area contributed by atoms with E-state index in [9.17, 15) is 5.11 Å². The van der Waals surface area contributed by atoms with Crippen molar-refractivity contribution in [2.24, 2.45) is 0 Å². The normalized spacial score (nSPS) is 10.7. The van der Waals surface area contributed by atoms with Gasteiger partial charge in [-0.25, -0.2) is 0 Å². The molecule has 14 heavy (non-hydrogen) atoms. The topological polar surface area (TPSA) is 23.5 Å². The monoisotopic (exact) mass is 257 g/mol. The molecule has 0 bridgehead atoms. The third kappa shape index (κ3) is 2.49. The fraction of sp³-hybridized carbons (Fsp3) is 0.455. The lowest BCUT2D eigenvalue weighted by Gasteiger charge is -2.26. The van der Waals surface area contributed by atoms with E-state index in [0.29, 0.717) is 6.04 Å². The van der Waals surface area contributed by atoms with Gasteiger partial charge in [0.2, 0.25) is 0 Å². The van der Waals surface area contributed by atoms with Crippen molar-refractivity contribution in [2.75, 3.05) is 11.9 Å². The number of anilines is 1. The number of rotatable bonds is 3. The minimum Gasteiger partial charge on any atom is -0.392 e. The Morgan fingerprint density at radius 2 is 2.07 bits per heavy atom. The van der Waals surface area contributed by atoms with Crippen LogP contribution in [0.5, 0.6) is 0 Å². The van der Waals surface area contributed by atoms with Gasteiger partial charge in [-0.2, -0.15) is 0 Å². The van der Waals surface area contributed by atoms with Crippen LogP contribution in [0, 0.1) is 0 Å². The highest BCUT2D eigenvalue weighted by atomic mass is 79.9. The summed E-state index contributed by atoms with van der Waals surface area (Å²) in [7, 11) is 2.03. The van der Waals surface area contributed by atoms with E-state index in [1.165, 1.54) is 0 Å². The molecule has 0 atom stereocenters. The smallest absolute Gasteiger partial charge is 0.0702 e. The average Bonchev–Trinajstić information content (AvgIpc) is 2.16. The molecule has 0 spiro atoms. The highest BCUT2D eigenvalue weighted by Crippen LogP contribution is 2.25. The van der Waals surface area contributed by atoms with E-state index in [1.54, 1.807) is 0 Å². The van der Waals surface area contributed by atoms with Gasteiger partial charge in [0.25, 0.3) is 0 Å². The van der Waals surface area contributed by atoms with E-state index in [0.717, 1.165) is 15.7 Å². The van der Waals surface area contributed by atoms with E-state index >= 15 is 0 Å². The Bertz CT molecular complexity index is 312. The molecule has 0 amide bonds. The summed E-state index contributed by atoms with van der Waals surface area (Å²) < 4.78 is 1.04. The maximum Gasteiger partial charge on any atom is 0.0702 e. The van der Waals surface area contributed by atoms with E-state index in [-0.39, 0.29) is 6.61 Å². The number of hydrogen-bond acceptors (Lipinski definition) is 2. The van der Waals surface area contributed by atoms with Crippen molar-refractivity contribution in [3.8, 4) is 0 Å². The number of halogens is 1. The van der Waals surface area contributed by atoms with E-state index in [2.05, 4.69) is 34.7 Å². The van der Waals surface area contributed by atoms with Gasteiger partial charge in [0.15, 0.2) is 0 Å². The summed E-state index contributed by atoms with van der Waals surface area (Å²) in [5, 5.41) is 9.20. The Morgan fingerprint density at radius 1 is 1.43 bits per heavy atom. The molecule has 0 aliphatic rings. The molecular formula is C11H16BrNO. The summed E-state index contributed by atoms with van der Waals surface area (Å²) in [5.41, 5.74) is 2.04. The average molecular weight is 258 g/mol. The Labute approximate surface area is 93.7 Å².